The number of nitrogens with zero attached hydrogens (tertiary/aromatic N) is 3. The number of hydrogen-bond acceptors (Lipinski definition) is 5. The van der Waals surface area contributed by atoms with E-state index in [9.17, 15) is 4.79 Å². The fourth-order valence-electron chi connectivity index (χ4n) is 3.31. The highest BCUT2D eigenvalue weighted by Gasteiger charge is 2.17. The standard InChI is InChI=1S/C20H29N5O2S/c1-14-9-12-27-18(14)19(26)22-10-6-11-23-20(21-2)25(3)13-17-24-15-7-4-5-8-16(15)28-17/h9,12H,4-8,10-11,13H2,1-3H3,(H,21,23)(H,22,26). The van der Waals surface area contributed by atoms with Crippen LogP contribution in [-0.4, -0.2) is 48.9 Å². The average Bonchev–Trinajstić information content (AvgIpc) is 3.29. The molecule has 0 unspecified atom stereocenters. The van der Waals surface area contributed by atoms with Crippen LogP contribution in [0.3, 0.4) is 0 Å². The molecular weight excluding hydrogens is 374 g/mol. The van der Waals surface area contributed by atoms with Crippen molar-refractivity contribution in [3.8, 4) is 0 Å². The Morgan fingerprint density at radius 3 is 2.82 bits per heavy atom. The molecule has 0 atom stereocenters. The van der Waals surface area contributed by atoms with Gasteiger partial charge in [-0.25, -0.2) is 4.98 Å². The van der Waals surface area contributed by atoms with Crippen LogP contribution in [0.5, 0.6) is 0 Å². The molecule has 0 saturated heterocycles. The number of nitrogens with one attached hydrogen (secondary N) is 2. The number of guanidine groups is 1. The molecule has 0 aromatic carbocycles. The van der Waals surface area contributed by atoms with Gasteiger partial charge in [0, 0.05) is 37.6 Å². The van der Waals surface area contributed by atoms with Gasteiger partial charge in [0.05, 0.1) is 18.5 Å². The number of amides is 1. The summed E-state index contributed by atoms with van der Waals surface area (Å²) in [6.07, 6.45) is 7.15. The lowest BCUT2D eigenvalue weighted by Crippen LogP contribution is -2.39. The van der Waals surface area contributed by atoms with Crippen molar-refractivity contribution in [2.75, 3.05) is 27.2 Å². The highest BCUT2D eigenvalue weighted by atomic mass is 32.1. The number of furan rings is 1. The molecule has 2 heterocycles. The number of carbonyl (C=O) groups excluding carboxylic acids is 1. The van der Waals surface area contributed by atoms with Crippen LogP contribution in [0.25, 0.3) is 0 Å². The molecule has 2 aromatic heterocycles. The summed E-state index contributed by atoms with van der Waals surface area (Å²) in [7, 11) is 3.81. The summed E-state index contributed by atoms with van der Waals surface area (Å²) in [6.45, 7) is 3.92. The fourth-order valence-corrected chi connectivity index (χ4v) is 4.52. The summed E-state index contributed by atoms with van der Waals surface area (Å²) in [5.74, 6) is 1.05. The summed E-state index contributed by atoms with van der Waals surface area (Å²) >= 11 is 1.83. The smallest absolute Gasteiger partial charge is 0.287 e. The van der Waals surface area contributed by atoms with Gasteiger partial charge in [0.2, 0.25) is 0 Å². The zero-order valence-electron chi connectivity index (χ0n) is 16.9. The predicted molar refractivity (Wildman–Crippen MR) is 112 cm³/mol. The monoisotopic (exact) mass is 403 g/mol. The van der Waals surface area contributed by atoms with Crippen molar-refractivity contribution >= 4 is 23.2 Å². The zero-order chi connectivity index (χ0) is 19.9. The van der Waals surface area contributed by atoms with Crippen LogP contribution < -0.4 is 10.6 Å². The molecule has 0 radical (unpaired) electrons. The van der Waals surface area contributed by atoms with E-state index < -0.39 is 0 Å². The first-order valence-corrected chi connectivity index (χ1v) is 10.6. The Bertz CT molecular complexity index is 803. The SMILES string of the molecule is CN=C(NCCCNC(=O)c1occc1C)N(C)Cc1nc2c(s1)CCCC2. The van der Waals surface area contributed by atoms with Crippen LogP contribution in [0.2, 0.25) is 0 Å². The Morgan fingerprint density at radius 1 is 1.32 bits per heavy atom. The van der Waals surface area contributed by atoms with Gasteiger partial charge in [-0.15, -0.1) is 11.3 Å². The van der Waals surface area contributed by atoms with E-state index in [1.165, 1.54) is 36.1 Å². The first kappa shape index (κ1) is 20.4. The van der Waals surface area contributed by atoms with Crippen molar-refractivity contribution in [3.63, 3.8) is 0 Å². The lowest BCUT2D eigenvalue weighted by Gasteiger charge is -2.21. The molecular formula is C20H29N5O2S. The normalized spacial score (nSPS) is 13.9. The van der Waals surface area contributed by atoms with E-state index in [0.717, 1.165) is 42.5 Å². The van der Waals surface area contributed by atoms with Gasteiger partial charge >= 0.3 is 0 Å². The molecule has 7 nitrogen and oxygen atoms in total. The third-order valence-electron chi connectivity index (χ3n) is 4.83. The summed E-state index contributed by atoms with van der Waals surface area (Å²) in [5.41, 5.74) is 2.15. The average molecular weight is 404 g/mol. The van der Waals surface area contributed by atoms with Crippen molar-refractivity contribution in [2.24, 2.45) is 4.99 Å². The van der Waals surface area contributed by atoms with Gasteiger partial charge in [-0.1, -0.05) is 0 Å². The molecule has 28 heavy (non-hydrogen) atoms. The van der Waals surface area contributed by atoms with Crippen molar-refractivity contribution in [1.82, 2.24) is 20.5 Å². The van der Waals surface area contributed by atoms with Crippen LogP contribution in [0.15, 0.2) is 21.7 Å². The highest BCUT2D eigenvalue weighted by Crippen LogP contribution is 2.27. The first-order valence-electron chi connectivity index (χ1n) is 9.80. The van der Waals surface area contributed by atoms with E-state index in [4.69, 9.17) is 9.40 Å². The maximum atomic E-state index is 12.0. The molecule has 2 N–H and O–H groups in total. The van der Waals surface area contributed by atoms with Gasteiger partial charge in [0.15, 0.2) is 11.7 Å². The third kappa shape index (κ3) is 5.13. The van der Waals surface area contributed by atoms with E-state index in [1.807, 2.05) is 25.3 Å². The number of thiazole rings is 1. The summed E-state index contributed by atoms with van der Waals surface area (Å²) in [6, 6.07) is 1.79. The second-order valence-corrected chi connectivity index (χ2v) is 8.22. The van der Waals surface area contributed by atoms with E-state index in [1.54, 1.807) is 13.1 Å². The van der Waals surface area contributed by atoms with Crippen LogP contribution >= 0.6 is 11.3 Å². The summed E-state index contributed by atoms with van der Waals surface area (Å²) < 4.78 is 5.20. The zero-order valence-corrected chi connectivity index (χ0v) is 17.7. The molecule has 0 fully saturated rings. The summed E-state index contributed by atoms with van der Waals surface area (Å²) in [5, 5.41) is 7.38. The van der Waals surface area contributed by atoms with Crippen LogP contribution in [0, 0.1) is 6.92 Å². The molecule has 1 aliphatic rings. The van der Waals surface area contributed by atoms with Gasteiger partial charge in [0.1, 0.15) is 5.01 Å². The molecule has 1 aliphatic carbocycles. The minimum Gasteiger partial charge on any atom is -0.459 e. The number of aromatic nitrogens is 1. The van der Waals surface area contributed by atoms with E-state index in [2.05, 4.69) is 20.5 Å². The molecule has 0 bridgehead atoms. The highest BCUT2D eigenvalue weighted by molar-refractivity contribution is 7.11. The minimum atomic E-state index is -0.170. The molecule has 0 aliphatic heterocycles. The molecule has 0 spiro atoms. The second-order valence-electron chi connectivity index (χ2n) is 7.06. The Balaban J connectivity index is 1.39. The predicted octanol–water partition coefficient (Wildman–Crippen LogP) is 2.75. The third-order valence-corrected chi connectivity index (χ3v) is 5.97. The molecule has 8 heteroatoms. The number of carbonyl (C=O) groups is 1. The maximum Gasteiger partial charge on any atom is 0.287 e. The van der Waals surface area contributed by atoms with Gasteiger partial charge in [0.25, 0.3) is 5.91 Å². The Labute approximate surface area is 170 Å². The number of aryl methyl sites for hydroxylation is 3. The number of hydrogen-bond donors (Lipinski definition) is 2. The Hall–Kier alpha value is -2.35. The summed E-state index contributed by atoms with van der Waals surface area (Å²) in [4.78, 5) is 24.7. The van der Waals surface area contributed by atoms with Gasteiger partial charge in [-0.05, 0) is 45.1 Å². The van der Waals surface area contributed by atoms with Gasteiger partial charge in [-0.3, -0.25) is 9.79 Å². The molecule has 0 saturated carbocycles. The fraction of sp³-hybridized carbons (Fsp3) is 0.550. The van der Waals surface area contributed by atoms with E-state index >= 15 is 0 Å². The number of aliphatic imine (C=N–C) groups is 1. The van der Waals surface area contributed by atoms with Crippen molar-refractivity contribution in [1.29, 1.82) is 0 Å². The minimum absolute atomic E-state index is 0.170. The molecule has 152 valence electrons. The van der Waals surface area contributed by atoms with Crippen molar-refractivity contribution < 1.29 is 9.21 Å². The van der Waals surface area contributed by atoms with Crippen LogP contribution in [-0.2, 0) is 19.4 Å². The molecule has 2 aromatic rings. The molecule has 3 rings (SSSR count). The Morgan fingerprint density at radius 2 is 2.11 bits per heavy atom. The maximum absolute atomic E-state index is 12.0. The van der Waals surface area contributed by atoms with Gasteiger partial charge in [-0.2, -0.15) is 0 Å². The topological polar surface area (TPSA) is 82.8 Å². The van der Waals surface area contributed by atoms with Crippen LogP contribution in [0.4, 0.5) is 0 Å². The lowest BCUT2D eigenvalue weighted by molar-refractivity contribution is 0.0925. The quantitative estimate of drug-likeness (QED) is 0.422. The van der Waals surface area contributed by atoms with E-state index in [-0.39, 0.29) is 5.91 Å². The van der Waals surface area contributed by atoms with E-state index in [0.29, 0.717) is 12.3 Å². The first-order chi connectivity index (χ1) is 13.6. The van der Waals surface area contributed by atoms with Crippen molar-refractivity contribution in [3.05, 3.63) is 39.2 Å². The van der Waals surface area contributed by atoms with Crippen LogP contribution in [0.1, 0.15) is 51.0 Å². The lowest BCUT2D eigenvalue weighted by atomic mass is 10.0. The Kier molecular flexibility index (Phi) is 7.08. The van der Waals surface area contributed by atoms with Gasteiger partial charge < -0.3 is 20.0 Å². The second kappa shape index (κ2) is 9.73. The number of rotatable bonds is 7. The van der Waals surface area contributed by atoms with Crippen molar-refractivity contribution in [2.45, 2.75) is 45.6 Å². The molecule has 1 amide bonds. The largest absolute Gasteiger partial charge is 0.459 e. The number of fused-ring (bicyclic) bond motifs is 1.